The van der Waals surface area contributed by atoms with Crippen molar-refractivity contribution in [3.63, 3.8) is 0 Å². The molecule has 0 aliphatic carbocycles. The molecular weight excluding hydrogens is 588 g/mol. The van der Waals surface area contributed by atoms with Gasteiger partial charge in [0.2, 0.25) is 0 Å². The van der Waals surface area contributed by atoms with Crippen LogP contribution in [0.15, 0.2) is 64.3 Å². The first kappa shape index (κ1) is 28.4. The minimum absolute atomic E-state index is 0.0174. The van der Waals surface area contributed by atoms with Crippen LogP contribution in [0.2, 0.25) is 10.0 Å². The molecule has 1 aromatic heterocycles. The SMILES string of the molecule is O=c1[nH]c(=O)n([C@H]2C[C@@](O)(C(=S)c3ccc(Cl)cc3)[C@@H](COC(=S)c3ccc(Cl)cc3)O2)cc1C(F)(F)F. The fraction of sp³-hybridized carbons (Fsp3) is 0.250. The summed E-state index contributed by atoms with van der Waals surface area (Å²) in [6, 6.07) is 12.6. The van der Waals surface area contributed by atoms with Crippen molar-refractivity contribution in [2.75, 3.05) is 6.61 Å². The number of halogens is 5. The molecule has 2 aromatic carbocycles. The lowest BCUT2D eigenvalue weighted by Gasteiger charge is -2.29. The van der Waals surface area contributed by atoms with Crippen LogP contribution in [0.3, 0.4) is 0 Å². The fourth-order valence-electron chi connectivity index (χ4n) is 3.90. The molecule has 200 valence electrons. The highest BCUT2D eigenvalue weighted by molar-refractivity contribution is 7.81. The third-order valence-corrected chi connectivity index (χ3v) is 7.32. The summed E-state index contributed by atoms with van der Waals surface area (Å²) in [5, 5.41) is 12.6. The molecule has 1 fully saturated rings. The van der Waals surface area contributed by atoms with Crippen molar-refractivity contribution < 1.29 is 27.8 Å². The maximum atomic E-state index is 13.4. The van der Waals surface area contributed by atoms with Gasteiger partial charge in [-0.05, 0) is 54.2 Å². The molecule has 38 heavy (non-hydrogen) atoms. The van der Waals surface area contributed by atoms with E-state index < -0.39 is 47.3 Å². The molecule has 0 spiro atoms. The number of thiocarbonyl (C=S) groups is 2. The second kappa shape index (κ2) is 10.9. The smallest absolute Gasteiger partial charge is 0.423 e. The second-order valence-corrected chi connectivity index (χ2v) is 10.0. The van der Waals surface area contributed by atoms with Gasteiger partial charge in [0, 0.05) is 28.2 Å². The molecule has 1 saturated heterocycles. The monoisotopic (exact) mass is 604 g/mol. The molecule has 3 aromatic rings. The maximum Gasteiger partial charge on any atom is 0.423 e. The molecule has 3 atom stereocenters. The van der Waals surface area contributed by atoms with Crippen LogP contribution in [0.5, 0.6) is 0 Å². The Hall–Kier alpha value is -2.61. The molecule has 1 aliphatic rings. The Labute approximate surface area is 233 Å². The van der Waals surface area contributed by atoms with Gasteiger partial charge in [0.05, 0.1) is 4.86 Å². The molecular formula is C24H17Cl2F3N2O5S2. The topological polar surface area (TPSA) is 93.6 Å². The standard InChI is InChI=1S/C24H17Cl2F3N2O5S2/c25-14-5-1-12(2-6-14)19(37)23(34)9-18(31-10-16(24(27,28)29)20(32)30-22(31)33)36-17(23)11-35-21(38)13-3-7-15(26)8-4-13/h1-8,10,17-18,34H,9,11H2,(H,30,32,33)/t17-,18-,23+/m1/s1. The summed E-state index contributed by atoms with van der Waals surface area (Å²) in [7, 11) is 0. The van der Waals surface area contributed by atoms with E-state index >= 15 is 0 Å². The van der Waals surface area contributed by atoms with Crippen molar-refractivity contribution in [2.24, 2.45) is 0 Å². The Morgan fingerprint density at radius 3 is 2.18 bits per heavy atom. The van der Waals surface area contributed by atoms with E-state index in [1.54, 1.807) is 53.5 Å². The minimum Gasteiger partial charge on any atom is -0.480 e. The highest BCUT2D eigenvalue weighted by Gasteiger charge is 2.52. The van der Waals surface area contributed by atoms with Gasteiger partial charge in [-0.2, -0.15) is 13.2 Å². The summed E-state index contributed by atoms with van der Waals surface area (Å²) in [6.45, 7) is -0.369. The summed E-state index contributed by atoms with van der Waals surface area (Å²) >= 11 is 22.7. The van der Waals surface area contributed by atoms with Gasteiger partial charge in [-0.3, -0.25) is 14.3 Å². The van der Waals surface area contributed by atoms with Crippen LogP contribution in [0, 0.1) is 0 Å². The van der Waals surface area contributed by atoms with Gasteiger partial charge < -0.3 is 14.6 Å². The van der Waals surface area contributed by atoms with Crippen molar-refractivity contribution in [1.29, 1.82) is 0 Å². The van der Waals surface area contributed by atoms with E-state index in [1.807, 2.05) is 0 Å². The number of benzene rings is 2. The predicted molar refractivity (Wildman–Crippen MR) is 142 cm³/mol. The molecule has 2 N–H and O–H groups in total. The lowest BCUT2D eigenvalue weighted by atomic mass is 9.87. The number of ether oxygens (including phenoxy) is 2. The fourth-order valence-corrected chi connectivity index (χ4v) is 4.71. The number of H-pyrrole nitrogens is 1. The Morgan fingerprint density at radius 2 is 1.63 bits per heavy atom. The molecule has 2 heterocycles. The number of aromatic amines is 1. The number of nitrogens with one attached hydrogen (secondary N) is 1. The number of aromatic nitrogens is 2. The van der Waals surface area contributed by atoms with Crippen LogP contribution < -0.4 is 11.2 Å². The van der Waals surface area contributed by atoms with Crippen LogP contribution in [0.1, 0.15) is 29.3 Å². The van der Waals surface area contributed by atoms with E-state index in [-0.39, 0.29) is 16.5 Å². The first-order valence-corrected chi connectivity index (χ1v) is 12.4. The molecule has 0 saturated carbocycles. The van der Waals surface area contributed by atoms with Gasteiger partial charge in [-0.15, -0.1) is 0 Å². The highest BCUT2D eigenvalue weighted by atomic mass is 35.5. The van der Waals surface area contributed by atoms with E-state index in [0.29, 0.717) is 31.9 Å². The Balaban J connectivity index is 1.68. The van der Waals surface area contributed by atoms with Crippen LogP contribution in [-0.4, -0.2) is 42.9 Å². The molecule has 0 amide bonds. The zero-order valence-electron chi connectivity index (χ0n) is 19.0. The second-order valence-electron chi connectivity index (χ2n) is 8.36. The first-order chi connectivity index (χ1) is 17.8. The van der Waals surface area contributed by atoms with Gasteiger partial charge in [0.15, 0.2) is 5.05 Å². The lowest BCUT2D eigenvalue weighted by Crippen LogP contribution is -2.48. The van der Waals surface area contributed by atoms with Crippen LogP contribution in [0.25, 0.3) is 0 Å². The predicted octanol–water partition coefficient (Wildman–Crippen LogP) is 4.69. The van der Waals surface area contributed by atoms with E-state index in [2.05, 4.69) is 0 Å². The maximum absolute atomic E-state index is 13.4. The molecule has 7 nitrogen and oxygen atoms in total. The first-order valence-electron chi connectivity index (χ1n) is 10.8. The van der Waals surface area contributed by atoms with Crippen molar-refractivity contribution in [3.8, 4) is 0 Å². The largest absolute Gasteiger partial charge is 0.480 e. The van der Waals surface area contributed by atoms with Crippen LogP contribution in [0.4, 0.5) is 13.2 Å². The van der Waals surface area contributed by atoms with Gasteiger partial charge in [-0.25, -0.2) is 4.79 Å². The van der Waals surface area contributed by atoms with E-state index in [0.717, 1.165) is 0 Å². The zero-order chi connectivity index (χ0) is 27.8. The van der Waals surface area contributed by atoms with E-state index in [9.17, 15) is 27.9 Å². The molecule has 0 radical (unpaired) electrons. The summed E-state index contributed by atoms with van der Waals surface area (Å²) in [6.07, 6.45) is -7.83. The Morgan fingerprint density at radius 1 is 1.08 bits per heavy atom. The Kier molecular flexibility index (Phi) is 8.12. The molecule has 4 rings (SSSR count). The summed E-state index contributed by atoms with van der Waals surface area (Å²) in [4.78, 5) is 25.8. The third-order valence-electron chi connectivity index (χ3n) is 5.87. The molecule has 0 unspecified atom stereocenters. The van der Waals surface area contributed by atoms with Gasteiger partial charge in [0.1, 0.15) is 30.1 Å². The Bertz CT molecular complexity index is 1490. The minimum atomic E-state index is -5.04. The molecule has 14 heteroatoms. The van der Waals surface area contributed by atoms with Crippen LogP contribution in [-0.2, 0) is 15.7 Å². The van der Waals surface area contributed by atoms with Crippen molar-refractivity contribution >= 4 is 57.6 Å². The van der Waals surface area contributed by atoms with Crippen molar-refractivity contribution in [1.82, 2.24) is 9.55 Å². The number of rotatable bonds is 6. The average molecular weight is 605 g/mol. The van der Waals surface area contributed by atoms with E-state index in [4.69, 9.17) is 57.1 Å². The number of alkyl halides is 3. The summed E-state index contributed by atoms with van der Waals surface area (Å²) in [5.74, 6) is 0. The lowest BCUT2D eigenvalue weighted by molar-refractivity contribution is -0.139. The van der Waals surface area contributed by atoms with Gasteiger partial charge in [-0.1, -0.05) is 47.6 Å². The number of hydrogen-bond donors (Lipinski definition) is 2. The van der Waals surface area contributed by atoms with E-state index in [1.165, 1.54) is 0 Å². The normalized spacial score (nSPS) is 21.3. The molecule has 0 bridgehead atoms. The summed E-state index contributed by atoms with van der Waals surface area (Å²) in [5.41, 5.74) is -5.45. The van der Waals surface area contributed by atoms with Crippen LogP contribution >= 0.6 is 47.6 Å². The third kappa shape index (κ3) is 5.85. The van der Waals surface area contributed by atoms with Gasteiger partial charge >= 0.3 is 11.9 Å². The quantitative estimate of drug-likeness (QED) is 0.311. The average Bonchev–Trinajstić information content (AvgIpc) is 3.19. The summed E-state index contributed by atoms with van der Waals surface area (Å²) < 4.78 is 52.1. The number of aliphatic hydroxyl groups is 1. The van der Waals surface area contributed by atoms with Crippen molar-refractivity contribution in [3.05, 3.63) is 102 Å². The molecule has 1 aliphatic heterocycles. The highest BCUT2D eigenvalue weighted by Crippen LogP contribution is 2.40. The zero-order valence-corrected chi connectivity index (χ0v) is 22.1. The van der Waals surface area contributed by atoms with Crippen molar-refractivity contribution in [2.45, 2.75) is 30.5 Å². The number of nitrogens with zero attached hydrogens (tertiary/aromatic N) is 1. The van der Waals surface area contributed by atoms with Gasteiger partial charge in [0.25, 0.3) is 5.56 Å². The number of hydrogen-bond acceptors (Lipinski definition) is 7.